The minimum atomic E-state index is -0.370. The van der Waals surface area contributed by atoms with Crippen molar-refractivity contribution in [1.29, 1.82) is 0 Å². The van der Waals surface area contributed by atoms with E-state index in [1.54, 1.807) is 0 Å². The summed E-state index contributed by atoms with van der Waals surface area (Å²) < 4.78 is 5.42. The van der Waals surface area contributed by atoms with Gasteiger partial charge in [-0.15, -0.1) is 0 Å². The van der Waals surface area contributed by atoms with E-state index in [0.29, 0.717) is 11.8 Å². The molecular formula is C14H25N3O. The highest BCUT2D eigenvalue weighted by atomic mass is 16.5. The van der Waals surface area contributed by atoms with Crippen LogP contribution in [0.15, 0.2) is 4.52 Å². The summed E-state index contributed by atoms with van der Waals surface area (Å²) in [5.74, 6) is 2.50. The second-order valence-electron chi connectivity index (χ2n) is 5.83. The van der Waals surface area contributed by atoms with Crippen LogP contribution in [-0.2, 0) is 5.54 Å². The lowest BCUT2D eigenvalue weighted by Gasteiger charge is -2.33. The number of aromatic nitrogens is 2. The predicted molar refractivity (Wildman–Crippen MR) is 71.1 cm³/mol. The second kappa shape index (κ2) is 5.39. The summed E-state index contributed by atoms with van der Waals surface area (Å²) >= 11 is 0. The van der Waals surface area contributed by atoms with Crippen molar-refractivity contribution in [2.75, 3.05) is 0 Å². The Balaban J connectivity index is 2.18. The molecule has 2 atom stereocenters. The van der Waals surface area contributed by atoms with Gasteiger partial charge in [0.25, 0.3) is 0 Å². The number of nitrogens with zero attached hydrogens (tertiary/aromatic N) is 2. The second-order valence-corrected chi connectivity index (χ2v) is 5.83. The first kappa shape index (κ1) is 13.5. The molecule has 1 aromatic rings. The van der Waals surface area contributed by atoms with Gasteiger partial charge in [-0.2, -0.15) is 4.98 Å². The van der Waals surface area contributed by atoms with Gasteiger partial charge in [-0.1, -0.05) is 38.8 Å². The highest BCUT2D eigenvalue weighted by Gasteiger charge is 2.37. The summed E-state index contributed by atoms with van der Waals surface area (Å²) in [4.78, 5) is 4.58. The van der Waals surface area contributed by atoms with Gasteiger partial charge >= 0.3 is 0 Å². The largest absolute Gasteiger partial charge is 0.339 e. The number of hydrogen-bond donors (Lipinski definition) is 1. The third-order valence-corrected chi connectivity index (χ3v) is 4.25. The van der Waals surface area contributed by atoms with Gasteiger partial charge < -0.3 is 10.3 Å². The van der Waals surface area contributed by atoms with E-state index < -0.39 is 0 Å². The zero-order valence-corrected chi connectivity index (χ0v) is 11.8. The Bertz CT molecular complexity index is 386. The molecule has 1 aliphatic carbocycles. The van der Waals surface area contributed by atoms with E-state index >= 15 is 0 Å². The quantitative estimate of drug-likeness (QED) is 0.891. The van der Waals surface area contributed by atoms with Crippen molar-refractivity contribution in [3.63, 3.8) is 0 Å². The normalized spacial score (nSPS) is 28.8. The molecule has 2 N–H and O–H groups in total. The van der Waals surface area contributed by atoms with Crippen LogP contribution in [0.1, 0.15) is 76.9 Å². The molecule has 0 aliphatic heterocycles. The van der Waals surface area contributed by atoms with Gasteiger partial charge in [0.1, 0.15) is 0 Å². The summed E-state index contributed by atoms with van der Waals surface area (Å²) in [6, 6.07) is 0. The van der Waals surface area contributed by atoms with Crippen molar-refractivity contribution in [1.82, 2.24) is 10.1 Å². The van der Waals surface area contributed by atoms with Gasteiger partial charge in [-0.25, -0.2) is 0 Å². The van der Waals surface area contributed by atoms with Gasteiger partial charge in [0.05, 0.1) is 5.54 Å². The van der Waals surface area contributed by atoms with E-state index in [2.05, 4.69) is 30.9 Å². The van der Waals surface area contributed by atoms with Crippen LogP contribution in [0, 0.1) is 5.92 Å². The highest BCUT2D eigenvalue weighted by molar-refractivity contribution is 5.07. The first-order valence-corrected chi connectivity index (χ1v) is 7.22. The lowest BCUT2D eigenvalue weighted by Crippen LogP contribution is -2.42. The Labute approximate surface area is 109 Å². The maximum Gasteiger partial charge on any atom is 0.229 e. The van der Waals surface area contributed by atoms with Gasteiger partial charge in [-0.3, -0.25) is 0 Å². The molecule has 2 rings (SSSR count). The van der Waals surface area contributed by atoms with Crippen molar-refractivity contribution in [3.05, 3.63) is 11.7 Å². The van der Waals surface area contributed by atoms with Crippen LogP contribution < -0.4 is 5.73 Å². The lowest BCUT2D eigenvalue weighted by atomic mass is 9.76. The van der Waals surface area contributed by atoms with Gasteiger partial charge in [0, 0.05) is 5.92 Å². The van der Waals surface area contributed by atoms with Crippen molar-refractivity contribution in [2.24, 2.45) is 11.7 Å². The molecule has 4 nitrogen and oxygen atoms in total. The third-order valence-electron chi connectivity index (χ3n) is 4.25. The first-order chi connectivity index (χ1) is 8.59. The molecule has 1 heterocycles. The van der Waals surface area contributed by atoms with Crippen molar-refractivity contribution in [3.8, 4) is 0 Å². The summed E-state index contributed by atoms with van der Waals surface area (Å²) in [7, 11) is 0. The van der Waals surface area contributed by atoms with Crippen LogP contribution in [0.3, 0.4) is 0 Å². The summed E-state index contributed by atoms with van der Waals surface area (Å²) in [5, 5.41) is 4.15. The average molecular weight is 251 g/mol. The zero-order chi connectivity index (χ0) is 13.2. The molecule has 1 aliphatic rings. The molecule has 1 fully saturated rings. The molecule has 0 radical (unpaired) electrons. The monoisotopic (exact) mass is 251 g/mol. The zero-order valence-electron chi connectivity index (χ0n) is 11.8. The fourth-order valence-corrected chi connectivity index (χ4v) is 3.04. The molecule has 102 valence electrons. The maximum absolute atomic E-state index is 6.48. The molecule has 0 spiro atoms. The summed E-state index contributed by atoms with van der Waals surface area (Å²) in [6.07, 6.45) is 6.43. The number of hydrogen-bond acceptors (Lipinski definition) is 4. The average Bonchev–Trinajstić information content (AvgIpc) is 2.80. The Morgan fingerprint density at radius 2 is 2.17 bits per heavy atom. The topological polar surface area (TPSA) is 64.9 Å². The van der Waals surface area contributed by atoms with E-state index in [9.17, 15) is 0 Å². The number of nitrogens with two attached hydrogens (primary N) is 1. The molecule has 1 saturated carbocycles. The Morgan fingerprint density at radius 3 is 2.78 bits per heavy atom. The van der Waals surface area contributed by atoms with Crippen LogP contribution >= 0.6 is 0 Å². The number of rotatable bonds is 4. The molecule has 0 bridgehead atoms. The van der Waals surface area contributed by atoms with Crippen LogP contribution in [0.5, 0.6) is 0 Å². The fourth-order valence-electron chi connectivity index (χ4n) is 3.04. The minimum Gasteiger partial charge on any atom is -0.339 e. The van der Waals surface area contributed by atoms with Gasteiger partial charge in [0.15, 0.2) is 5.82 Å². The molecule has 1 aromatic heterocycles. The Hall–Kier alpha value is -0.900. The molecule has 0 saturated heterocycles. The third kappa shape index (κ3) is 2.58. The van der Waals surface area contributed by atoms with E-state index in [-0.39, 0.29) is 5.54 Å². The molecule has 18 heavy (non-hydrogen) atoms. The Morgan fingerprint density at radius 1 is 1.44 bits per heavy atom. The fraction of sp³-hybridized carbons (Fsp3) is 0.857. The van der Waals surface area contributed by atoms with E-state index in [4.69, 9.17) is 10.3 Å². The van der Waals surface area contributed by atoms with Gasteiger partial charge in [-0.05, 0) is 31.6 Å². The molecule has 0 amide bonds. The standard InChI is InChI=1S/C14H25N3O/c1-4-11(5-2)12-16-13(17-18-12)14(15)8-6-7-10(3)9-14/h10-11H,4-9,15H2,1-3H3. The SMILES string of the molecule is CCC(CC)c1nc(C2(N)CCCC(C)C2)no1. The van der Waals surface area contributed by atoms with Crippen molar-refractivity contribution >= 4 is 0 Å². The summed E-state index contributed by atoms with van der Waals surface area (Å²) in [6.45, 7) is 6.56. The highest BCUT2D eigenvalue weighted by Crippen LogP contribution is 2.37. The summed E-state index contributed by atoms with van der Waals surface area (Å²) in [5.41, 5.74) is 6.11. The Kier molecular flexibility index (Phi) is 4.05. The van der Waals surface area contributed by atoms with E-state index in [0.717, 1.165) is 43.8 Å². The van der Waals surface area contributed by atoms with Crippen LogP contribution in [0.4, 0.5) is 0 Å². The molecule has 2 unspecified atom stereocenters. The molecule has 0 aromatic carbocycles. The smallest absolute Gasteiger partial charge is 0.229 e. The predicted octanol–water partition coefficient (Wildman–Crippen LogP) is 3.34. The van der Waals surface area contributed by atoms with Crippen molar-refractivity contribution < 1.29 is 4.52 Å². The van der Waals surface area contributed by atoms with E-state index in [1.165, 1.54) is 6.42 Å². The first-order valence-electron chi connectivity index (χ1n) is 7.22. The van der Waals surface area contributed by atoms with Crippen LogP contribution in [-0.4, -0.2) is 10.1 Å². The lowest BCUT2D eigenvalue weighted by molar-refractivity contribution is 0.221. The molecular weight excluding hydrogens is 226 g/mol. The maximum atomic E-state index is 6.48. The van der Waals surface area contributed by atoms with Gasteiger partial charge in [0.2, 0.25) is 5.89 Å². The van der Waals surface area contributed by atoms with Crippen LogP contribution in [0.25, 0.3) is 0 Å². The van der Waals surface area contributed by atoms with Crippen LogP contribution in [0.2, 0.25) is 0 Å². The molecule has 4 heteroatoms. The van der Waals surface area contributed by atoms with Crippen molar-refractivity contribution in [2.45, 2.75) is 70.8 Å². The van der Waals surface area contributed by atoms with E-state index in [1.807, 2.05) is 0 Å². The minimum absolute atomic E-state index is 0.370.